The fourth-order valence-electron chi connectivity index (χ4n) is 7.33. The quantitative estimate of drug-likeness (QED) is 0.132. The van der Waals surface area contributed by atoms with Crippen LogP contribution in [0.3, 0.4) is 0 Å². The summed E-state index contributed by atoms with van der Waals surface area (Å²) in [7, 11) is -4.20. The van der Waals surface area contributed by atoms with Gasteiger partial charge in [-0.05, 0) is 65.6 Å². The molecule has 0 bridgehead atoms. The first-order valence-electron chi connectivity index (χ1n) is 17.6. The lowest BCUT2D eigenvalue weighted by Gasteiger charge is -2.46. The summed E-state index contributed by atoms with van der Waals surface area (Å²) in [6.45, 7) is 0.0812. The number of amides is 3. The Morgan fingerprint density at radius 1 is 1.00 bits per heavy atom. The molecule has 1 saturated heterocycles. The fourth-order valence-corrected chi connectivity index (χ4v) is 8.63. The summed E-state index contributed by atoms with van der Waals surface area (Å²) in [6.07, 6.45) is 2.87. The van der Waals surface area contributed by atoms with Crippen molar-refractivity contribution in [2.45, 2.75) is 54.1 Å². The molecule has 0 aliphatic carbocycles. The van der Waals surface area contributed by atoms with Gasteiger partial charge in [-0.1, -0.05) is 48.9 Å². The van der Waals surface area contributed by atoms with Gasteiger partial charge in [-0.15, -0.1) is 0 Å². The van der Waals surface area contributed by atoms with E-state index in [0.717, 1.165) is 27.7 Å². The number of hydrogen-bond donors (Lipinski definition) is 2. The normalized spacial score (nSPS) is 17.8. The molecule has 8 rings (SSSR count). The van der Waals surface area contributed by atoms with Crippen LogP contribution in [0.15, 0.2) is 87.3 Å². The Morgan fingerprint density at radius 2 is 1.78 bits per heavy atom. The van der Waals surface area contributed by atoms with Gasteiger partial charge in [-0.3, -0.25) is 19.0 Å². The molecule has 0 unspecified atom stereocenters. The van der Waals surface area contributed by atoms with Gasteiger partial charge in [0.2, 0.25) is 24.5 Å². The van der Waals surface area contributed by atoms with E-state index in [1.165, 1.54) is 29.2 Å². The zero-order valence-electron chi connectivity index (χ0n) is 28.9. The summed E-state index contributed by atoms with van der Waals surface area (Å²) in [6, 6.07) is 19.5. The molecule has 0 saturated carbocycles. The number of piperazine rings is 1. The van der Waals surface area contributed by atoms with Crippen molar-refractivity contribution in [1.82, 2.24) is 25.3 Å². The molecule has 1 fully saturated rings. The summed E-state index contributed by atoms with van der Waals surface area (Å²) in [5.74, 6) is -0.139. The van der Waals surface area contributed by atoms with Crippen molar-refractivity contribution in [3.05, 3.63) is 94.8 Å². The lowest BCUT2D eigenvalue weighted by atomic mass is 9.86. The number of nitrogens with zero attached hydrogens (tertiary/aromatic N) is 4. The highest BCUT2D eigenvalue weighted by molar-refractivity contribution is 7.91. The Bertz CT molecular complexity index is 2340. The first kappa shape index (κ1) is 35.0. The highest BCUT2D eigenvalue weighted by Gasteiger charge is 2.48. The fraction of sp³-hybridized carbons (Fsp3) is 0.324. The van der Waals surface area contributed by atoms with Crippen LogP contribution >= 0.6 is 0 Å². The molecule has 3 aliphatic rings. The number of nitrogens with one attached hydrogen (secondary N) is 2. The molecule has 16 nitrogen and oxygen atoms in total. The summed E-state index contributed by atoms with van der Waals surface area (Å²) in [5.41, 5.74) is 3.50. The van der Waals surface area contributed by atoms with Crippen LogP contribution in [0.1, 0.15) is 48.5 Å². The average molecular weight is 757 g/mol. The molecule has 280 valence electrons. The van der Waals surface area contributed by atoms with Crippen LogP contribution in [0.5, 0.6) is 17.4 Å². The number of rotatable bonds is 13. The Morgan fingerprint density at radius 3 is 2.63 bits per heavy atom. The standard InChI is InChI=1S/C37H36N6O10S/c44-31(38-16-8-1-2-9-17-50-35-37(43(47)53-40-35)54(48,49)24-10-4-3-5-11-24)20-41-21-32(45)42-28(36(41)46)19-26-25-12-6-7-13-27(25)39-33(26)34(42)23-14-15-29-30(18-23)52-22-51-29/h3-7,10-15,18,28,34,39H,1-2,8-9,16-17,19-22H2,(H,38,44)/t28-,34-/m1/s1. The number of aromatic amines is 1. The van der Waals surface area contributed by atoms with Gasteiger partial charge in [0.15, 0.2) is 11.5 Å². The van der Waals surface area contributed by atoms with Crippen molar-refractivity contribution in [3.8, 4) is 17.4 Å². The maximum atomic E-state index is 14.0. The second-order valence-electron chi connectivity index (χ2n) is 13.3. The van der Waals surface area contributed by atoms with Crippen LogP contribution < -0.4 is 24.4 Å². The Labute approximate surface area is 309 Å². The first-order chi connectivity index (χ1) is 26.2. The highest BCUT2D eigenvalue weighted by Crippen LogP contribution is 2.45. The van der Waals surface area contributed by atoms with Gasteiger partial charge in [-0.25, -0.2) is 8.42 Å². The van der Waals surface area contributed by atoms with Crippen LogP contribution in [-0.2, 0) is 30.6 Å². The van der Waals surface area contributed by atoms with Crippen molar-refractivity contribution < 1.29 is 46.5 Å². The molecule has 3 aliphatic heterocycles. The van der Waals surface area contributed by atoms with Gasteiger partial charge >= 0.3 is 10.9 Å². The summed E-state index contributed by atoms with van der Waals surface area (Å²) >= 11 is 0. The zero-order valence-corrected chi connectivity index (χ0v) is 29.8. The SMILES string of the molecule is O=C(CN1CC(=O)N2[C@H](c3ccc4c(c3)OCO4)c3[nH]c4ccccc4c3C[C@@H]2C1=O)NCCCCCCOc1no[n+]([O-])c1S(=O)(=O)c1ccccc1. The van der Waals surface area contributed by atoms with Crippen molar-refractivity contribution in [3.63, 3.8) is 0 Å². The molecule has 2 atom stereocenters. The minimum absolute atomic E-state index is 0.0906. The molecule has 17 heteroatoms. The summed E-state index contributed by atoms with van der Waals surface area (Å²) in [4.78, 5) is 47.1. The third kappa shape index (κ3) is 6.44. The number of H-pyrrole nitrogens is 1. The lowest BCUT2D eigenvalue weighted by molar-refractivity contribution is -0.832. The van der Waals surface area contributed by atoms with Crippen molar-refractivity contribution in [1.29, 1.82) is 0 Å². The largest absolute Gasteiger partial charge is 0.454 e. The molecule has 54 heavy (non-hydrogen) atoms. The number of sulfone groups is 1. The summed E-state index contributed by atoms with van der Waals surface area (Å²) < 4.78 is 46.9. The van der Waals surface area contributed by atoms with Crippen LogP contribution in [-0.4, -0.2) is 85.2 Å². The van der Waals surface area contributed by atoms with E-state index in [-0.39, 0.29) is 54.0 Å². The predicted molar refractivity (Wildman–Crippen MR) is 188 cm³/mol. The molecule has 0 radical (unpaired) electrons. The van der Waals surface area contributed by atoms with E-state index in [0.29, 0.717) is 50.1 Å². The molecule has 3 aromatic carbocycles. The number of aromatic nitrogens is 3. The monoisotopic (exact) mass is 756 g/mol. The molecule has 2 N–H and O–H groups in total. The van der Waals surface area contributed by atoms with E-state index >= 15 is 0 Å². The second-order valence-corrected chi connectivity index (χ2v) is 15.1. The molecule has 5 heterocycles. The number of unbranched alkanes of at least 4 members (excludes halogenated alkanes) is 3. The van der Waals surface area contributed by atoms with Crippen molar-refractivity contribution in [2.24, 2.45) is 0 Å². The Kier molecular flexibility index (Phi) is 9.31. The first-order valence-corrected chi connectivity index (χ1v) is 19.1. The van der Waals surface area contributed by atoms with Crippen LogP contribution in [0, 0.1) is 5.21 Å². The van der Waals surface area contributed by atoms with Gasteiger partial charge in [-0.2, -0.15) is 0 Å². The zero-order chi connectivity index (χ0) is 37.4. The number of ether oxygens (including phenoxy) is 3. The predicted octanol–water partition coefficient (Wildman–Crippen LogP) is 2.79. The maximum absolute atomic E-state index is 14.0. The Balaban J connectivity index is 0.843. The van der Waals surface area contributed by atoms with E-state index in [1.54, 1.807) is 11.0 Å². The van der Waals surface area contributed by atoms with Gasteiger partial charge in [0, 0.05) is 29.6 Å². The topological polar surface area (TPSA) is 200 Å². The van der Waals surface area contributed by atoms with Gasteiger partial charge < -0.3 is 39.5 Å². The number of hydrogen-bond acceptors (Lipinski definition) is 11. The number of carbonyl (C=O) groups is 3. The third-order valence-corrected chi connectivity index (χ3v) is 11.6. The van der Waals surface area contributed by atoms with Crippen LogP contribution in [0.2, 0.25) is 0 Å². The van der Waals surface area contributed by atoms with E-state index in [2.05, 4.69) is 20.1 Å². The molecular formula is C37H36N6O10S. The Hall–Kier alpha value is -6.10. The number of fused-ring (bicyclic) bond motifs is 5. The molecule has 3 amide bonds. The van der Waals surface area contributed by atoms with E-state index in [1.807, 2.05) is 42.5 Å². The maximum Gasteiger partial charge on any atom is 0.414 e. The minimum Gasteiger partial charge on any atom is -0.454 e. The smallest absolute Gasteiger partial charge is 0.414 e. The van der Waals surface area contributed by atoms with E-state index in [9.17, 15) is 28.0 Å². The highest BCUT2D eigenvalue weighted by atomic mass is 32.2. The lowest BCUT2D eigenvalue weighted by Crippen LogP contribution is -2.64. The van der Waals surface area contributed by atoms with Gasteiger partial charge in [0.25, 0.3) is 9.84 Å². The van der Waals surface area contributed by atoms with Crippen LogP contribution in [0.4, 0.5) is 0 Å². The molecule has 2 aromatic heterocycles. The third-order valence-electron chi connectivity index (χ3n) is 9.88. The number of benzene rings is 3. The van der Waals surface area contributed by atoms with E-state index < -0.39 is 32.8 Å². The number of para-hydroxylation sites is 1. The van der Waals surface area contributed by atoms with Crippen molar-refractivity contribution in [2.75, 3.05) is 33.0 Å². The average Bonchev–Trinajstić information content (AvgIpc) is 3.91. The molecule has 5 aromatic rings. The summed E-state index contributed by atoms with van der Waals surface area (Å²) in [5, 5.41) is 18.6. The molecule has 0 spiro atoms. The number of carbonyl (C=O) groups excluding carboxylic acids is 3. The van der Waals surface area contributed by atoms with Gasteiger partial charge in [0.1, 0.15) is 19.1 Å². The van der Waals surface area contributed by atoms with Crippen molar-refractivity contribution >= 4 is 38.5 Å². The molecular weight excluding hydrogens is 721 g/mol. The van der Waals surface area contributed by atoms with E-state index in [4.69, 9.17) is 14.2 Å². The minimum atomic E-state index is -4.20. The van der Waals surface area contributed by atoms with Gasteiger partial charge in [0.05, 0.1) is 22.7 Å². The second kappa shape index (κ2) is 14.4. The van der Waals surface area contributed by atoms with Crippen LogP contribution in [0.25, 0.3) is 10.9 Å².